The molecule has 4 rings (SSSR count). The zero-order valence-corrected chi connectivity index (χ0v) is 15.4. The Balaban J connectivity index is 1.59. The van der Waals surface area contributed by atoms with Gasteiger partial charge < -0.3 is 10.2 Å². The van der Waals surface area contributed by atoms with Crippen LogP contribution in [-0.4, -0.2) is 24.5 Å². The zero-order valence-electron chi connectivity index (χ0n) is 15.4. The monoisotopic (exact) mass is 333 g/mol. The molecule has 1 N–H and O–H groups in total. The number of anilines is 1. The van der Waals surface area contributed by atoms with Gasteiger partial charge in [0.2, 0.25) is 0 Å². The minimum atomic E-state index is 0.130. The molecule has 1 heterocycles. The van der Waals surface area contributed by atoms with Gasteiger partial charge in [-0.2, -0.15) is 0 Å². The standard InChI is InChI=1S/C22H27N3/c1-22(2,3)24-13-16-5-4-6-17(11-16)18-7-10-21-19(12-18)14-23-15-25(21)20-8-9-20/h4-7,10-12,14,20,24H,8-9,13,15H2,1-3H3. The van der Waals surface area contributed by atoms with E-state index in [0.29, 0.717) is 6.04 Å². The van der Waals surface area contributed by atoms with Gasteiger partial charge in [-0.15, -0.1) is 0 Å². The molecule has 130 valence electrons. The Morgan fingerprint density at radius 1 is 1.08 bits per heavy atom. The van der Waals surface area contributed by atoms with Crippen molar-refractivity contribution in [2.45, 2.75) is 51.7 Å². The lowest BCUT2D eigenvalue weighted by Gasteiger charge is -2.27. The quantitative estimate of drug-likeness (QED) is 0.885. The Morgan fingerprint density at radius 3 is 2.64 bits per heavy atom. The van der Waals surface area contributed by atoms with Crippen molar-refractivity contribution in [1.82, 2.24) is 5.32 Å². The van der Waals surface area contributed by atoms with Gasteiger partial charge in [0.25, 0.3) is 0 Å². The highest BCUT2D eigenvalue weighted by atomic mass is 15.3. The van der Waals surface area contributed by atoms with Crippen LogP contribution in [0.3, 0.4) is 0 Å². The van der Waals surface area contributed by atoms with E-state index in [1.54, 1.807) is 0 Å². The molecule has 2 aromatic carbocycles. The van der Waals surface area contributed by atoms with Gasteiger partial charge in [0.1, 0.15) is 6.67 Å². The normalized spacial score (nSPS) is 16.8. The van der Waals surface area contributed by atoms with E-state index in [-0.39, 0.29) is 5.54 Å². The fourth-order valence-electron chi connectivity index (χ4n) is 3.33. The number of nitrogens with one attached hydrogen (secondary N) is 1. The first-order chi connectivity index (χ1) is 12.0. The van der Waals surface area contributed by atoms with Crippen LogP contribution in [0, 0.1) is 0 Å². The second-order valence-electron chi connectivity index (χ2n) is 8.23. The van der Waals surface area contributed by atoms with Crippen molar-refractivity contribution in [3.63, 3.8) is 0 Å². The van der Waals surface area contributed by atoms with Gasteiger partial charge in [0.05, 0.1) is 0 Å². The molecule has 2 aromatic rings. The van der Waals surface area contributed by atoms with Crippen LogP contribution >= 0.6 is 0 Å². The van der Waals surface area contributed by atoms with Gasteiger partial charge in [-0.25, -0.2) is 0 Å². The second kappa shape index (κ2) is 6.30. The van der Waals surface area contributed by atoms with Gasteiger partial charge in [0.15, 0.2) is 0 Å². The third kappa shape index (κ3) is 3.77. The zero-order chi connectivity index (χ0) is 17.4. The molecule has 1 fully saturated rings. The molecule has 0 unspecified atom stereocenters. The van der Waals surface area contributed by atoms with Crippen LogP contribution in [0.5, 0.6) is 0 Å². The van der Waals surface area contributed by atoms with Crippen molar-refractivity contribution < 1.29 is 0 Å². The summed E-state index contributed by atoms with van der Waals surface area (Å²) in [6, 6.07) is 16.3. The molecule has 1 saturated carbocycles. The molecule has 0 aromatic heterocycles. The maximum absolute atomic E-state index is 4.56. The average molecular weight is 333 g/mol. The molecule has 3 heteroatoms. The molecule has 0 amide bonds. The fourth-order valence-corrected chi connectivity index (χ4v) is 3.33. The number of nitrogens with zero attached hydrogens (tertiary/aromatic N) is 2. The predicted molar refractivity (Wildman–Crippen MR) is 106 cm³/mol. The second-order valence-corrected chi connectivity index (χ2v) is 8.23. The smallest absolute Gasteiger partial charge is 0.110 e. The Morgan fingerprint density at radius 2 is 1.88 bits per heavy atom. The lowest BCUT2D eigenvalue weighted by atomic mass is 9.99. The van der Waals surface area contributed by atoms with Crippen molar-refractivity contribution in [2.75, 3.05) is 11.6 Å². The lowest BCUT2D eigenvalue weighted by molar-refractivity contribution is 0.424. The Hall–Kier alpha value is -2.13. The molecule has 2 aliphatic rings. The van der Waals surface area contributed by atoms with Crippen LogP contribution in [0.1, 0.15) is 44.7 Å². The minimum absolute atomic E-state index is 0.130. The van der Waals surface area contributed by atoms with Crippen LogP contribution in [0.15, 0.2) is 47.5 Å². The van der Waals surface area contributed by atoms with E-state index in [4.69, 9.17) is 0 Å². The highest BCUT2D eigenvalue weighted by molar-refractivity contribution is 5.92. The van der Waals surface area contributed by atoms with Crippen LogP contribution in [-0.2, 0) is 6.54 Å². The van der Waals surface area contributed by atoms with Crippen molar-refractivity contribution in [3.8, 4) is 11.1 Å². The molecule has 0 saturated heterocycles. The summed E-state index contributed by atoms with van der Waals surface area (Å²) in [5, 5.41) is 3.56. The third-order valence-corrected chi connectivity index (χ3v) is 4.87. The molecule has 1 aliphatic heterocycles. The molecule has 25 heavy (non-hydrogen) atoms. The molecular weight excluding hydrogens is 306 g/mol. The van der Waals surface area contributed by atoms with Gasteiger partial charge in [-0.3, -0.25) is 4.99 Å². The van der Waals surface area contributed by atoms with Crippen molar-refractivity contribution >= 4 is 11.9 Å². The number of rotatable bonds is 4. The first kappa shape index (κ1) is 16.3. The van der Waals surface area contributed by atoms with E-state index in [9.17, 15) is 0 Å². The summed E-state index contributed by atoms with van der Waals surface area (Å²) in [6.45, 7) is 8.30. The summed E-state index contributed by atoms with van der Waals surface area (Å²) < 4.78 is 0. The van der Waals surface area contributed by atoms with E-state index in [2.05, 4.69) is 78.4 Å². The van der Waals surface area contributed by atoms with Gasteiger partial charge in [-0.1, -0.05) is 24.3 Å². The van der Waals surface area contributed by atoms with Gasteiger partial charge >= 0.3 is 0 Å². The van der Waals surface area contributed by atoms with Crippen LogP contribution in [0.2, 0.25) is 0 Å². The van der Waals surface area contributed by atoms with Crippen molar-refractivity contribution in [1.29, 1.82) is 0 Å². The number of hydrogen-bond acceptors (Lipinski definition) is 3. The summed E-state index contributed by atoms with van der Waals surface area (Å²) in [5.74, 6) is 0. The van der Waals surface area contributed by atoms with E-state index in [1.807, 2.05) is 6.21 Å². The molecule has 0 spiro atoms. The topological polar surface area (TPSA) is 27.6 Å². The number of benzene rings is 2. The first-order valence-electron chi connectivity index (χ1n) is 9.24. The van der Waals surface area contributed by atoms with Crippen molar-refractivity contribution in [3.05, 3.63) is 53.6 Å². The predicted octanol–water partition coefficient (Wildman–Crippen LogP) is 4.60. The maximum Gasteiger partial charge on any atom is 0.110 e. The van der Waals surface area contributed by atoms with Crippen LogP contribution < -0.4 is 10.2 Å². The molecule has 3 nitrogen and oxygen atoms in total. The van der Waals surface area contributed by atoms with E-state index in [0.717, 1.165) is 13.2 Å². The summed E-state index contributed by atoms with van der Waals surface area (Å²) in [5.41, 5.74) is 6.57. The molecular formula is C22H27N3. The lowest BCUT2D eigenvalue weighted by Crippen LogP contribution is -2.35. The summed E-state index contributed by atoms with van der Waals surface area (Å²) in [6.07, 6.45) is 4.64. The molecule has 0 atom stereocenters. The summed E-state index contributed by atoms with van der Waals surface area (Å²) in [7, 11) is 0. The van der Waals surface area contributed by atoms with E-state index in [1.165, 1.54) is 40.8 Å². The summed E-state index contributed by atoms with van der Waals surface area (Å²) >= 11 is 0. The number of hydrogen-bond donors (Lipinski definition) is 1. The Kier molecular flexibility index (Phi) is 4.12. The molecule has 0 radical (unpaired) electrons. The Labute approximate surface area is 150 Å². The average Bonchev–Trinajstić information content (AvgIpc) is 3.44. The van der Waals surface area contributed by atoms with Crippen molar-refractivity contribution in [2.24, 2.45) is 4.99 Å². The number of aliphatic imine (C=N–C) groups is 1. The van der Waals surface area contributed by atoms with E-state index >= 15 is 0 Å². The molecule has 0 bridgehead atoms. The number of fused-ring (bicyclic) bond motifs is 1. The van der Waals surface area contributed by atoms with Crippen LogP contribution in [0.4, 0.5) is 5.69 Å². The molecule has 1 aliphatic carbocycles. The summed E-state index contributed by atoms with van der Waals surface area (Å²) in [4.78, 5) is 7.01. The SMILES string of the molecule is CC(C)(C)NCc1cccc(-c2ccc3c(c2)C=NCN3C2CC2)c1. The minimum Gasteiger partial charge on any atom is -0.349 e. The fraction of sp³-hybridized carbons (Fsp3) is 0.409. The highest BCUT2D eigenvalue weighted by Gasteiger charge is 2.31. The first-order valence-corrected chi connectivity index (χ1v) is 9.24. The maximum atomic E-state index is 4.56. The largest absolute Gasteiger partial charge is 0.349 e. The Bertz CT molecular complexity index is 797. The van der Waals surface area contributed by atoms with Crippen LogP contribution in [0.25, 0.3) is 11.1 Å². The van der Waals surface area contributed by atoms with Gasteiger partial charge in [0, 0.05) is 35.6 Å². The third-order valence-electron chi connectivity index (χ3n) is 4.87. The highest BCUT2D eigenvalue weighted by Crippen LogP contribution is 2.36. The van der Waals surface area contributed by atoms with Gasteiger partial charge in [-0.05, 0) is 68.5 Å². The van der Waals surface area contributed by atoms with E-state index < -0.39 is 0 Å².